The smallest absolute Gasteiger partial charge is 0.191 e. The molecule has 0 bridgehead atoms. The minimum absolute atomic E-state index is 0.343. The van der Waals surface area contributed by atoms with Gasteiger partial charge < -0.3 is 15.5 Å². The second-order valence-electron chi connectivity index (χ2n) is 5.49. The van der Waals surface area contributed by atoms with Crippen LogP contribution in [0.1, 0.15) is 20.8 Å². The normalized spacial score (nSPS) is 13.3. The van der Waals surface area contributed by atoms with Gasteiger partial charge in [-0.25, -0.2) is 4.98 Å². The van der Waals surface area contributed by atoms with Crippen molar-refractivity contribution in [3.63, 3.8) is 0 Å². The molecule has 2 heterocycles. The Bertz CT molecular complexity index is 604. The fourth-order valence-electron chi connectivity index (χ4n) is 2.24. The SMILES string of the molecule is CN=C(NCCc1ncc(C)s1)NCC(c1cccs1)N(C)C. The van der Waals surface area contributed by atoms with Crippen LogP contribution in [-0.2, 0) is 6.42 Å². The van der Waals surface area contributed by atoms with Crippen molar-refractivity contribution in [3.8, 4) is 0 Å². The molecular formula is C16H25N5S2. The number of guanidine groups is 1. The summed E-state index contributed by atoms with van der Waals surface area (Å²) in [5.74, 6) is 0.835. The Balaban J connectivity index is 1.79. The van der Waals surface area contributed by atoms with Crippen LogP contribution in [0.4, 0.5) is 0 Å². The van der Waals surface area contributed by atoms with Crippen molar-refractivity contribution in [2.75, 3.05) is 34.2 Å². The van der Waals surface area contributed by atoms with Crippen molar-refractivity contribution in [3.05, 3.63) is 38.5 Å². The van der Waals surface area contributed by atoms with E-state index in [9.17, 15) is 0 Å². The fourth-order valence-corrected chi connectivity index (χ4v) is 3.95. The number of nitrogens with zero attached hydrogens (tertiary/aromatic N) is 3. The van der Waals surface area contributed by atoms with Crippen molar-refractivity contribution in [2.45, 2.75) is 19.4 Å². The Morgan fingerprint density at radius 1 is 1.39 bits per heavy atom. The highest BCUT2D eigenvalue weighted by Gasteiger charge is 2.15. The first-order valence-corrected chi connectivity index (χ1v) is 9.35. The zero-order valence-electron chi connectivity index (χ0n) is 14.2. The quantitative estimate of drug-likeness (QED) is 0.594. The highest BCUT2D eigenvalue weighted by molar-refractivity contribution is 7.11. The van der Waals surface area contributed by atoms with Crippen LogP contribution < -0.4 is 10.6 Å². The van der Waals surface area contributed by atoms with Gasteiger partial charge in [-0.2, -0.15) is 0 Å². The number of aliphatic imine (C=N–C) groups is 1. The second kappa shape index (κ2) is 9.00. The molecule has 0 saturated heterocycles. The number of aromatic nitrogens is 1. The van der Waals surface area contributed by atoms with Crippen LogP contribution in [-0.4, -0.2) is 50.1 Å². The molecule has 2 aromatic rings. The van der Waals surface area contributed by atoms with Gasteiger partial charge in [0, 0.05) is 42.5 Å². The molecule has 0 amide bonds. The van der Waals surface area contributed by atoms with Gasteiger partial charge in [0.1, 0.15) is 0 Å². The van der Waals surface area contributed by atoms with Gasteiger partial charge in [-0.05, 0) is 32.5 Å². The van der Waals surface area contributed by atoms with Crippen molar-refractivity contribution in [1.29, 1.82) is 0 Å². The summed E-state index contributed by atoms with van der Waals surface area (Å²) >= 11 is 3.54. The molecule has 0 fully saturated rings. The number of likely N-dealkylation sites (N-methyl/N-ethyl adjacent to an activating group) is 1. The van der Waals surface area contributed by atoms with E-state index < -0.39 is 0 Å². The third-order valence-corrected chi connectivity index (χ3v) is 5.43. The summed E-state index contributed by atoms with van der Waals surface area (Å²) in [5.41, 5.74) is 0. The van der Waals surface area contributed by atoms with E-state index in [2.05, 4.69) is 64.0 Å². The predicted molar refractivity (Wildman–Crippen MR) is 101 cm³/mol. The van der Waals surface area contributed by atoms with Crippen LogP contribution in [0.25, 0.3) is 0 Å². The summed E-state index contributed by atoms with van der Waals surface area (Å²) in [7, 11) is 6.01. The lowest BCUT2D eigenvalue weighted by molar-refractivity contribution is 0.302. The number of thiophene rings is 1. The van der Waals surface area contributed by atoms with Gasteiger partial charge in [0.15, 0.2) is 5.96 Å². The highest BCUT2D eigenvalue weighted by Crippen LogP contribution is 2.22. The van der Waals surface area contributed by atoms with Crippen molar-refractivity contribution < 1.29 is 0 Å². The van der Waals surface area contributed by atoms with Gasteiger partial charge in [0.2, 0.25) is 0 Å². The van der Waals surface area contributed by atoms with Crippen LogP contribution in [0.15, 0.2) is 28.7 Å². The third-order valence-electron chi connectivity index (χ3n) is 3.48. The van der Waals surface area contributed by atoms with Gasteiger partial charge in [0.25, 0.3) is 0 Å². The first kappa shape index (κ1) is 17.9. The van der Waals surface area contributed by atoms with E-state index in [1.54, 1.807) is 29.7 Å². The predicted octanol–water partition coefficient (Wildman–Crippen LogP) is 2.52. The van der Waals surface area contributed by atoms with Crippen LogP contribution in [0, 0.1) is 6.92 Å². The van der Waals surface area contributed by atoms with Crippen LogP contribution >= 0.6 is 22.7 Å². The zero-order valence-corrected chi connectivity index (χ0v) is 15.8. The highest BCUT2D eigenvalue weighted by atomic mass is 32.1. The average molecular weight is 352 g/mol. The number of hydrogen-bond donors (Lipinski definition) is 2. The van der Waals surface area contributed by atoms with E-state index >= 15 is 0 Å². The van der Waals surface area contributed by atoms with E-state index in [1.807, 2.05) is 6.20 Å². The summed E-state index contributed by atoms with van der Waals surface area (Å²) in [5, 5.41) is 10.1. The molecule has 2 aromatic heterocycles. The molecular weight excluding hydrogens is 326 g/mol. The number of thiazole rings is 1. The average Bonchev–Trinajstić information content (AvgIpc) is 3.17. The van der Waals surface area contributed by atoms with E-state index in [-0.39, 0.29) is 0 Å². The number of nitrogens with one attached hydrogen (secondary N) is 2. The largest absolute Gasteiger partial charge is 0.356 e. The molecule has 2 N–H and O–H groups in total. The van der Waals surface area contributed by atoms with Gasteiger partial charge >= 0.3 is 0 Å². The molecule has 1 unspecified atom stereocenters. The maximum absolute atomic E-state index is 4.38. The third kappa shape index (κ3) is 5.60. The van der Waals surface area contributed by atoms with Crippen molar-refractivity contribution in [2.24, 2.45) is 4.99 Å². The summed E-state index contributed by atoms with van der Waals surface area (Å²) in [6.07, 6.45) is 2.84. The Labute approximate surface area is 146 Å². The molecule has 5 nitrogen and oxygen atoms in total. The minimum atomic E-state index is 0.343. The molecule has 0 aliphatic carbocycles. The maximum Gasteiger partial charge on any atom is 0.191 e. The molecule has 0 aromatic carbocycles. The Kier molecular flexibility index (Phi) is 7.01. The molecule has 0 spiro atoms. The molecule has 2 rings (SSSR count). The molecule has 0 saturated carbocycles. The maximum atomic E-state index is 4.38. The molecule has 0 radical (unpaired) electrons. The first-order chi connectivity index (χ1) is 11.1. The lowest BCUT2D eigenvalue weighted by Gasteiger charge is -2.24. The Morgan fingerprint density at radius 2 is 2.22 bits per heavy atom. The monoisotopic (exact) mass is 351 g/mol. The summed E-state index contributed by atoms with van der Waals surface area (Å²) < 4.78 is 0. The van der Waals surface area contributed by atoms with E-state index in [4.69, 9.17) is 0 Å². The van der Waals surface area contributed by atoms with E-state index in [1.165, 1.54) is 9.75 Å². The van der Waals surface area contributed by atoms with Crippen molar-refractivity contribution in [1.82, 2.24) is 20.5 Å². The van der Waals surface area contributed by atoms with E-state index in [0.29, 0.717) is 6.04 Å². The molecule has 0 aliphatic rings. The summed E-state index contributed by atoms with van der Waals surface area (Å²) in [4.78, 5) is 13.5. The van der Waals surface area contributed by atoms with Crippen LogP contribution in [0.3, 0.4) is 0 Å². The summed E-state index contributed by atoms with van der Waals surface area (Å²) in [6, 6.07) is 4.62. The lowest BCUT2D eigenvalue weighted by Crippen LogP contribution is -2.42. The standard InChI is InChI=1S/C16H25N5S2/c1-12-10-19-15(23-12)7-8-18-16(17-2)20-11-13(21(3)4)14-6-5-9-22-14/h5-6,9-10,13H,7-8,11H2,1-4H3,(H2,17,18,20). The number of hydrogen-bond acceptors (Lipinski definition) is 5. The van der Waals surface area contributed by atoms with E-state index in [0.717, 1.165) is 30.5 Å². The van der Waals surface area contributed by atoms with Crippen molar-refractivity contribution >= 4 is 28.6 Å². The fraction of sp³-hybridized carbons (Fsp3) is 0.500. The first-order valence-electron chi connectivity index (χ1n) is 7.65. The molecule has 0 aliphatic heterocycles. The lowest BCUT2D eigenvalue weighted by atomic mass is 10.2. The van der Waals surface area contributed by atoms with Gasteiger partial charge in [-0.1, -0.05) is 6.07 Å². The number of aryl methyl sites for hydroxylation is 1. The number of rotatable bonds is 7. The van der Waals surface area contributed by atoms with Gasteiger partial charge in [-0.3, -0.25) is 4.99 Å². The zero-order chi connectivity index (χ0) is 16.7. The van der Waals surface area contributed by atoms with Crippen LogP contribution in [0.5, 0.6) is 0 Å². The molecule has 7 heteroatoms. The van der Waals surface area contributed by atoms with Gasteiger partial charge in [0.05, 0.1) is 11.0 Å². The minimum Gasteiger partial charge on any atom is -0.356 e. The van der Waals surface area contributed by atoms with Gasteiger partial charge in [-0.15, -0.1) is 22.7 Å². The molecule has 1 atom stereocenters. The Hall–Kier alpha value is -1.44. The molecule has 126 valence electrons. The Morgan fingerprint density at radius 3 is 2.78 bits per heavy atom. The summed E-state index contributed by atoms with van der Waals surface area (Å²) in [6.45, 7) is 3.74. The second-order valence-corrected chi connectivity index (χ2v) is 7.79. The topological polar surface area (TPSA) is 52.6 Å². The molecule has 23 heavy (non-hydrogen) atoms. The van der Waals surface area contributed by atoms with Crippen LogP contribution in [0.2, 0.25) is 0 Å².